The summed E-state index contributed by atoms with van der Waals surface area (Å²) in [5.41, 5.74) is -0.541. The normalized spacial score (nSPS) is 36.8. The Kier molecular flexibility index (Phi) is 2.09. The third kappa shape index (κ3) is 1.30. The van der Waals surface area contributed by atoms with E-state index in [-0.39, 0.29) is 0 Å². The fraction of sp³-hybridized carbons (Fsp3) is 0.615. The Bertz CT molecular complexity index is 395. The first-order valence-electron chi connectivity index (χ1n) is 5.96. The van der Waals surface area contributed by atoms with Crippen molar-refractivity contribution in [2.75, 3.05) is 0 Å². The molecule has 0 spiro atoms. The minimum atomic E-state index is -0.629. The maximum Gasteiger partial charge on any atom is 0.310 e. The van der Waals surface area contributed by atoms with Crippen LogP contribution in [-0.2, 0) is 11.2 Å². The van der Waals surface area contributed by atoms with E-state index in [9.17, 15) is 9.90 Å². The van der Waals surface area contributed by atoms with Crippen LogP contribution in [0.15, 0.2) is 22.8 Å². The Morgan fingerprint density at radius 2 is 2.44 bits per heavy atom. The van der Waals surface area contributed by atoms with Gasteiger partial charge < -0.3 is 9.52 Å². The SMILES string of the molecule is O=C(O)C1(Cc2ccco2)CC2CCC1C2. The predicted molar refractivity (Wildman–Crippen MR) is 57.9 cm³/mol. The summed E-state index contributed by atoms with van der Waals surface area (Å²) in [6.07, 6.45) is 6.44. The van der Waals surface area contributed by atoms with E-state index in [1.54, 1.807) is 6.26 Å². The smallest absolute Gasteiger partial charge is 0.310 e. The van der Waals surface area contributed by atoms with E-state index in [0.29, 0.717) is 18.3 Å². The zero-order valence-corrected chi connectivity index (χ0v) is 9.19. The number of carbonyl (C=O) groups is 1. The van der Waals surface area contributed by atoms with Crippen molar-refractivity contribution in [3.8, 4) is 0 Å². The van der Waals surface area contributed by atoms with Gasteiger partial charge in [0.05, 0.1) is 11.7 Å². The van der Waals surface area contributed by atoms with Gasteiger partial charge in [0.25, 0.3) is 0 Å². The topological polar surface area (TPSA) is 50.4 Å². The van der Waals surface area contributed by atoms with E-state index in [1.807, 2.05) is 12.1 Å². The maximum absolute atomic E-state index is 11.6. The zero-order chi connectivity index (χ0) is 11.2. The van der Waals surface area contributed by atoms with Crippen LogP contribution in [0.5, 0.6) is 0 Å². The Hall–Kier alpha value is -1.25. The molecule has 1 heterocycles. The molecule has 0 radical (unpaired) electrons. The molecular weight excluding hydrogens is 204 g/mol. The highest BCUT2D eigenvalue weighted by atomic mass is 16.4. The first-order valence-corrected chi connectivity index (χ1v) is 5.96. The molecule has 3 unspecified atom stereocenters. The number of carboxylic acid groups (broad SMARTS) is 1. The van der Waals surface area contributed by atoms with Gasteiger partial charge in [-0.3, -0.25) is 4.79 Å². The molecule has 3 heteroatoms. The summed E-state index contributed by atoms with van der Waals surface area (Å²) in [7, 11) is 0. The predicted octanol–water partition coefficient (Wildman–Crippen LogP) is 2.71. The molecule has 3 rings (SSSR count). The Morgan fingerprint density at radius 3 is 2.94 bits per heavy atom. The minimum Gasteiger partial charge on any atom is -0.481 e. The van der Waals surface area contributed by atoms with Gasteiger partial charge in [0.2, 0.25) is 0 Å². The fourth-order valence-corrected chi connectivity index (χ4v) is 3.72. The van der Waals surface area contributed by atoms with Crippen LogP contribution in [0.1, 0.15) is 31.4 Å². The van der Waals surface area contributed by atoms with Crippen LogP contribution in [0.3, 0.4) is 0 Å². The van der Waals surface area contributed by atoms with E-state index in [0.717, 1.165) is 25.0 Å². The summed E-state index contributed by atoms with van der Waals surface area (Å²) in [6, 6.07) is 3.72. The average molecular weight is 220 g/mol. The minimum absolute atomic E-state index is 0.361. The summed E-state index contributed by atoms with van der Waals surface area (Å²) in [4.78, 5) is 11.6. The lowest BCUT2D eigenvalue weighted by Crippen LogP contribution is -2.38. The summed E-state index contributed by atoms with van der Waals surface area (Å²) in [5, 5.41) is 9.54. The molecule has 0 aromatic carbocycles. The van der Waals surface area contributed by atoms with Crippen molar-refractivity contribution in [3.63, 3.8) is 0 Å². The molecule has 0 aliphatic heterocycles. The standard InChI is InChI=1S/C13H16O3/c14-12(15)13(8-11-2-1-5-16-11)7-9-3-4-10(13)6-9/h1-2,5,9-10H,3-4,6-8H2,(H,14,15). The molecular formula is C13H16O3. The first-order chi connectivity index (χ1) is 7.71. The van der Waals surface area contributed by atoms with Crippen molar-refractivity contribution < 1.29 is 14.3 Å². The van der Waals surface area contributed by atoms with E-state index >= 15 is 0 Å². The van der Waals surface area contributed by atoms with E-state index in [1.165, 1.54) is 6.42 Å². The van der Waals surface area contributed by atoms with Crippen LogP contribution >= 0.6 is 0 Å². The molecule has 1 aromatic heterocycles. The summed E-state index contributed by atoms with van der Waals surface area (Å²) in [5.74, 6) is 1.18. The number of hydrogen-bond acceptors (Lipinski definition) is 2. The third-order valence-corrected chi connectivity index (χ3v) is 4.47. The van der Waals surface area contributed by atoms with Crippen LogP contribution in [0, 0.1) is 17.3 Å². The lowest BCUT2D eigenvalue weighted by atomic mass is 9.70. The molecule has 86 valence electrons. The third-order valence-electron chi connectivity index (χ3n) is 4.47. The molecule has 2 aliphatic carbocycles. The molecule has 3 atom stereocenters. The first kappa shape index (κ1) is 9.94. The highest BCUT2D eigenvalue weighted by Gasteiger charge is 2.56. The van der Waals surface area contributed by atoms with Crippen LogP contribution in [-0.4, -0.2) is 11.1 Å². The van der Waals surface area contributed by atoms with Crippen LogP contribution in [0.4, 0.5) is 0 Å². The van der Waals surface area contributed by atoms with Gasteiger partial charge in [-0.1, -0.05) is 6.42 Å². The van der Waals surface area contributed by atoms with Crippen molar-refractivity contribution in [2.45, 2.75) is 32.1 Å². The Labute approximate surface area is 94.5 Å². The average Bonchev–Trinajstić information content (AvgIpc) is 2.92. The molecule has 2 fully saturated rings. The molecule has 0 amide bonds. The molecule has 1 aromatic rings. The van der Waals surface area contributed by atoms with Crippen molar-refractivity contribution in [2.24, 2.45) is 17.3 Å². The molecule has 16 heavy (non-hydrogen) atoms. The summed E-state index contributed by atoms with van der Waals surface area (Å²) < 4.78 is 5.31. The molecule has 3 nitrogen and oxygen atoms in total. The van der Waals surface area contributed by atoms with Crippen LogP contribution in [0.25, 0.3) is 0 Å². The number of carboxylic acids is 1. The lowest BCUT2D eigenvalue weighted by molar-refractivity contribution is -0.152. The van der Waals surface area contributed by atoms with Gasteiger partial charge in [-0.15, -0.1) is 0 Å². The van der Waals surface area contributed by atoms with Crippen molar-refractivity contribution in [3.05, 3.63) is 24.2 Å². The lowest BCUT2D eigenvalue weighted by Gasteiger charge is -2.32. The molecule has 2 bridgehead atoms. The number of hydrogen-bond donors (Lipinski definition) is 1. The van der Waals surface area contributed by atoms with Gasteiger partial charge in [0.1, 0.15) is 5.76 Å². The fourth-order valence-electron chi connectivity index (χ4n) is 3.72. The number of furan rings is 1. The molecule has 0 saturated heterocycles. The summed E-state index contributed by atoms with van der Waals surface area (Å²) >= 11 is 0. The van der Waals surface area contributed by atoms with Crippen molar-refractivity contribution in [1.82, 2.24) is 0 Å². The highest BCUT2D eigenvalue weighted by molar-refractivity contribution is 5.76. The number of aliphatic carboxylic acids is 1. The highest BCUT2D eigenvalue weighted by Crippen LogP contribution is 2.57. The van der Waals surface area contributed by atoms with Gasteiger partial charge in [0, 0.05) is 6.42 Å². The van der Waals surface area contributed by atoms with Gasteiger partial charge in [-0.25, -0.2) is 0 Å². The molecule has 1 N–H and O–H groups in total. The van der Waals surface area contributed by atoms with E-state index in [4.69, 9.17) is 4.42 Å². The van der Waals surface area contributed by atoms with Gasteiger partial charge in [-0.2, -0.15) is 0 Å². The van der Waals surface area contributed by atoms with Crippen molar-refractivity contribution >= 4 is 5.97 Å². The van der Waals surface area contributed by atoms with E-state index < -0.39 is 11.4 Å². The number of rotatable bonds is 3. The maximum atomic E-state index is 11.6. The number of fused-ring (bicyclic) bond motifs is 2. The van der Waals surface area contributed by atoms with Crippen LogP contribution in [0.2, 0.25) is 0 Å². The molecule has 2 aliphatic rings. The van der Waals surface area contributed by atoms with E-state index in [2.05, 4.69) is 0 Å². The Balaban J connectivity index is 1.89. The second-order valence-electron chi connectivity index (χ2n) is 5.30. The second-order valence-corrected chi connectivity index (χ2v) is 5.30. The van der Waals surface area contributed by atoms with Gasteiger partial charge in [-0.05, 0) is 43.2 Å². The van der Waals surface area contributed by atoms with Gasteiger partial charge >= 0.3 is 5.97 Å². The largest absolute Gasteiger partial charge is 0.481 e. The van der Waals surface area contributed by atoms with Crippen molar-refractivity contribution in [1.29, 1.82) is 0 Å². The molecule has 2 saturated carbocycles. The second kappa shape index (κ2) is 3.37. The summed E-state index contributed by atoms with van der Waals surface area (Å²) in [6.45, 7) is 0. The Morgan fingerprint density at radius 1 is 1.56 bits per heavy atom. The van der Waals surface area contributed by atoms with Gasteiger partial charge in [0.15, 0.2) is 0 Å². The monoisotopic (exact) mass is 220 g/mol. The van der Waals surface area contributed by atoms with Crippen LogP contribution < -0.4 is 0 Å². The quantitative estimate of drug-likeness (QED) is 0.852. The zero-order valence-electron chi connectivity index (χ0n) is 9.19.